The number of halogens is 3. The Morgan fingerprint density at radius 1 is 1.00 bits per heavy atom. The number of pyridine rings is 1. The second-order valence-electron chi connectivity index (χ2n) is 9.09. The molecule has 178 valence electrons. The van der Waals surface area contributed by atoms with Crippen molar-refractivity contribution in [3.63, 3.8) is 0 Å². The number of rotatable bonds is 3. The van der Waals surface area contributed by atoms with Crippen molar-refractivity contribution in [1.82, 2.24) is 24.7 Å². The number of aromatic nitrogens is 5. The molecule has 0 radical (unpaired) electrons. The van der Waals surface area contributed by atoms with Gasteiger partial charge in [0.1, 0.15) is 23.1 Å². The van der Waals surface area contributed by atoms with Gasteiger partial charge in [-0.05, 0) is 31.4 Å². The van der Waals surface area contributed by atoms with Crippen LogP contribution >= 0.6 is 0 Å². The third-order valence-electron chi connectivity index (χ3n) is 7.16. The number of hydrogen-bond acceptors (Lipinski definition) is 7. The summed E-state index contributed by atoms with van der Waals surface area (Å²) in [5.74, 6) is 0.705. The first-order valence-electron chi connectivity index (χ1n) is 11.2. The van der Waals surface area contributed by atoms with Crippen LogP contribution in [-0.2, 0) is 15.7 Å². The fraction of sp³-hybridized carbons (Fsp3) is 0.500. The van der Waals surface area contributed by atoms with Crippen molar-refractivity contribution in [3.8, 4) is 0 Å². The van der Waals surface area contributed by atoms with Crippen molar-refractivity contribution < 1.29 is 22.7 Å². The molecule has 3 aromatic heterocycles. The Bertz CT molecular complexity index is 1230. The van der Waals surface area contributed by atoms with Crippen LogP contribution in [0.4, 0.5) is 24.7 Å². The van der Waals surface area contributed by atoms with Crippen molar-refractivity contribution in [2.75, 3.05) is 42.6 Å². The van der Waals surface area contributed by atoms with E-state index in [-0.39, 0.29) is 11.9 Å². The van der Waals surface area contributed by atoms with Gasteiger partial charge in [0.15, 0.2) is 5.65 Å². The lowest BCUT2D eigenvalue weighted by atomic mass is 9.77. The average Bonchev–Trinajstić information content (AvgIpc) is 3.34. The van der Waals surface area contributed by atoms with Crippen LogP contribution in [0.5, 0.6) is 0 Å². The number of carbonyl (C=O) groups is 1. The van der Waals surface area contributed by atoms with Crippen LogP contribution < -0.4 is 9.80 Å². The highest BCUT2D eigenvalue weighted by molar-refractivity contribution is 6.00. The number of piperidine rings is 1. The number of hydrogen-bond donors (Lipinski definition) is 0. The fourth-order valence-electron chi connectivity index (χ4n) is 5.00. The van der Waals surface area contributed by atoms with E-state index >= 15 is 0 Å². The number of fused-ring (bicyclic) bond motifs is 1. The quantitative estimate of drug-likeness (QED) is 0.578. The van der Waals surface area contributed by atoms with Gasteiger partial charge in [0, 0.05) is 19.6 Å². The Morgan fingerprint density at radius 2 is 1.76 bits per heavy atom. The highest BCUT2D eigenvalue weighted by Crippen LogP contribution is 2.44. The van der Waals surface area contributed by atoms with E-state index in [1.54, 1.807) is 17.3 Å². The summed E-state index contributed by atoms with van der Waals surface area (Å²) in [5.41, 5.74) is 0.388. The maximum atomic E-state index is 13.3. The smallest absolute Gasteiger partial charge is 0.377 e. The molecule has 6 heterocycles. The minimum Gasteiger partial charge on any atom is -0.377 e. The maximum Gasteiger partial charge on any atom is 0.433 e. The minimum absolute atomic E-state index is 0.0432. The van der Waals surface area contributed by atoms with Gasteiger partial charge in [-0.15, -0.1) is 0 Å². The first-order valence-corrected chi connectivity index (χ1v) is 11.2. The van der Waals surface area contributed by atoms with E-state index in [0.29, 0.717) is 57.8 Å². The lowest BCUT2D eigenvalue weighted by Crippen LogP contribution is -2.45. The summed E-state index contributed by atoms with van der Waals surface area (Å²) < 4.78 is 45.6. The standard InChI is InChI=1S/C22H22F3N7O2/c23-22(24,25)17-2-1-14(9-27-17)31-8-5-21(20(31)33)3-6-30(7-4-21)18-11-26-16-10-28-32(19(16)29-18)15-12-34-13-15/h1-2,9-11,15H,3-8,12-13H2. The van der Waals surface area contributed by atoms with Crippen molar-refractivity contribution in [3.05, 3.63) is 36.4 Å². The Balaban J connectivity index is 1.16. The van der Waals surface area contributed by atoms with Gasteiger partial charge in [0.05, 0.1) is 42.9 Å². The second-order valence-corrected chi connectivity index (χ2v) is 9.09. The Kier molecular flexibility index (Phi) is 4.77. The second kappa shape index (κ2) is 7.62. The molecule has 0 aliphatic carbocycles. The van der Waals surface area contributed by atoms with Gasteiger partial charge in [0.2, 0.25) is 5.91 Å². The van der Waals surface area contributed by atoms with Gasteiger partial charge in [-0.1, -0.05) is 0 Å². The summed E-state index contributed by atoms with van der Waals surface area (Å²) in [6.07, 6.45) is 2.03. The Hall–Kier alpha value is -3.28. The van der Waals surface area contributed by atoms with Crippen LogP contribution in [0.25, 0.3) is 11.2 Å². The van der Waals surface area contributed by atoms with Gasteiger partial charge in [-0.25, -0.2) is 19.6 Å². The van der Waals surface area contributed by atoms with Crippen molar-refractivity contribution in [1.29, 1.82) is 0 Å². The van der Waals surface area contributed by atoms with Gasteiger partial charge < -0.3 is 14.5 Å². The Labute approximate surface area is 192 Å². The van der Waals surface area contributed by atoms with E-state index in [4.69, 9.17) is 9.72 Å². The average molecular weight is 473 g/mol. The SMILES string of the molecule is O=C1N(c2ccc(C(F)(F)F)nc2)CCC12CCN(c1cnc3cnn(C4COC4)c3n1)CC2. The van der Waals surface area contributed by atoms with Gasteiger partial charge in [-0.2, -0.15) is 18.3 Å². The zero-order chi connectivity index (χ0) is 23.5. The molecule has 0 aromatic carbocycles. The molecule has 1 amide bonds. The number of ether oxygens (including phenoxy) is 1. The molecule has 34 heavy (non-hydrogen) atoms. The van der Waals surface area contributed by atoms with Crippen molar-refractivity contribution >= 4 is 28.6 Å². The molecule has 9 nitrogen and oxygen atoms in total. The number of nitrogens with zero attached hydrogens (tertiary/aromatic N) is 7. The topological polar surface area (TPSA) is 89.3 Å². The molecule has 0 bridgehead atoms. The third-order valence-corrected chi connectivity index (χ3v) is 7.16. The summed E-state index contributed by atoms with van der Waals surface area (Å²) in [7, 11) is 0. The van der Waals surface area contributed by atoms with Crippen LogP contribution in [0.1, 0.15) is 31.0 Å². The largest absolute Gasteiger partial charge is 0.433 e. The molecule has 3 aliphatic heterocycles. The zero-order valence-electron chi connectivity index (χ0n) is 18.2. The highest BCUT2D eigenvalue weighted by Gasteiger charge is 2.49. The molecular weight excluding hydrogens is 451 g/mol. The van der Waals surface area contributed by atoms with E-state index in [1.165, 1.54) is 6.07 Å². The van der Waals surface area contributed by atoms with E-state index in [1.807, 2.05) is 4.68 Å². The molecule has 0 unspecified atom stereocenters. The minimum atomic E-state index is -4.50. The Morgan fingerprint density at radius 3 is 2.41 bits per heavy atom. The molecule has 6 rings (SSSR count). The van der Waals surface area contributed by atoms with E-state index in [9.17, 15) is 18.0 Å². The van der Waals surface area contributed by atoms with Gasteiger partial charge in [-0.3, -0.25) is 4.79 Å². The van der Waals surface area contributed by atoms with E-state index in [0.717, 1.165) is 29.2 Å². The fourth-order valence-corrected chi connectivity index (χ4v) is 5.00. The molecule has 1 spiro atoms. The molecular formula is C22H22F3N7O2. The molecule has 3 fully saturated rings. The predicted octanol–water partition coefficient (Wildman–Crippen LogP) is 2.83. The summed E-state index contributed by atoms with van der Waals surface area (Å²) >= 11 is 0. The summed E-state index contributed by atoms with van der Waals surface area (Å²) in [6.45, 7) is 2.99. The molecule has 0 atom stereocenters. The summed E-state index contributed by atoms with van der Waals surface area (Å²) in [4.78, 5) is 29.8. The summed E-state index contributed by atoms with van der Waals surface area (Å²) in [5, 5.41) is 4.40. The van der Waals surface area contributed by atoms with Crippen LogP contribution in [-0.4, -0.2) is 63.5 Å². The monoisotopic (exact) mass is 473 g/mol. The van der Waals surface area contributed by atoms with Gasteiger partial charge in [0.25, 0.3) is 0 Å². The number of amides is 1. The predicted molar refractivity (Wildman–Crippen MR) is 115 cm³/mol. The van der Waals surface area contributed by atoms with Crippen molar-refractivity contribution in [2.24, 2.45) is 5.41 Å². The number of anilines is 2. The van der Waals surface area contributed by atoms with Crippen molar-refractivity contribution in [2.45, 2.75) is 31.5 Å². The molecule has 3 aliphatic rings. The lowest BCUT2D eigenvalue weighted by Gasteiger charge is -2.38. The molecule has 12 heteroatoms. The van der Waals surface area contributed by atoms with E-state index < -0.39 is 17.3 Å². The van der Waals surface area contributed by atoms with Crippen LogP contribution in [0.15, 0.2) is 30.7 Å². The lowest BCUT2D eigenvalue weighted by molar-refractivity contribution is -0.141. The van der Waals surface area contributed by atoms with Gasteiger partial charge >= 0.3 is 6.18 Å². The molecule has 0 N–H and O–H groups in total. The third kappa shape index (κ3) is 3.39. The van der Waals surface area contributed by atoms with Crippen LogP contribution in [0, 0.1) is 5.41 Å². The zero-order valence-corrected chi connectivity index (χ0v) is 18.2. The van der Waals surface area contributed by atoms with Crippen LogP contribution in [0.3, 0.4) is 0 Å². The first-order chi connectivity index (χ1) is 16.3. The maximum absolute atomic E-state index is 13.3. The van der Waals surface area contributed by atoms with Crippen LogP contribution in [0.2, 0.25) is 0 Å². The normalized spacial score (nSPS) is 21.0. The molecule has 3 saturated heterocycles. The number of alkyl halides is 3. The molecule has 0 saturated carbocycles. The number of carbonyl (C=O) groups excluding carboxylic acids is 1. The molecule has 3 aromatic rings. The first kappa shape index (κ1) is 21.3. The highest BCUT2D eigenvalue weighted by atomic mass is 19.4. The summed E-state index contributed by atoms with van der Waals surface area (Å²) in [6, 6.07) is 2.42. The van der Waals surface area contributed by atoms with E-state index in [2.05, 4.69) is 20.0 Å².